The van der Waals surface area contributed by atoms with Gasteiger partial charge in [-0.25, -0.2) is 4.98 Å². The summed E-state index contributed by atoms with van der Waals surface area (Å²) >= 11 is 0. The van der Waals surface area contributed by atoms with Crippen molar-refractivity contribution in [1.29, 1.82) is 0 Å². The quantitative estimate of drug-likeness (QED) is 0.819. The molecule has 0 radical (unpaired) electrons. The summed E-state index contributed by atoms with van der Waals surface area (Å²) in [6.07, 6.45) is 1.61. The first-order valence-electron chi connectivity index (χ1n) is 6.63. The van der Waals surface area contributed by atoms with Crippen LogP contribution in [0, 0.1) is 0 Å². The molecular formula is C14H23N3O2. The lowest BCUT2D eigenvalue weighted by molar-refractivity contribution is 0.0579. The Bertz CT molecular complexity index is 392. The Kier molecular flexibility index (Phi) is 6.29. The van der Waals surface area contributed by atoms with E-state index < -0.39 is 0 Å². The summed E-state index contributed by atoms with van der Waals surface area (Å²) in [5.41, 5.74) is 0.603. The molecule has 1 rings (SSSR count). The number of rotatable bonds is 7. The molecule has 0 fully saturated rings. The molecule has 0 aliphatic carbocycles. The molecule has 5 nitrogen and oxygen atoms in total. The van der Waals surface area contributed by atoms with Gasteiger partial charge in [0.1, 0.15) is 5.82 Å². The van der Waals surface area contributed by atoms with Crippen molar-refractivity contribution in [3.63, 3.8) is 0 Å². The Hall–Kier alpha value is -1.62. The molecule has 0 aromatic carbocycles. The highest BCUT2D eigenvalue weighted by Crippen LogP contribution is 2.10. The minimum Gasteiger partial charge on any atom is -0.383 e. The van der Waals surface area contributed by atoms with Crippen LogP contribution in [0.3, 0.4) is 0 Å². The average Bonchev–Trinajstić information content (AvgIpc) is 2.41. The van der Waals surface area contributed by atoms with Crippen molar-refractivity contribution in [2.45, 2.75) is 26.8 Å². The van der Waals surface area contributed by atoms with Crippen LogP contribution in [0.2, 0.25) is 0 Å². The number of ether oxygens (including phenoxy) is 1. The van der Waals surface area contributed by atoms with E-state index >= 15 is 0 Å². The molecule has 0 saturated heterocycles. The third-order valence-corrected chi connectivity index (χ3v) is 2.91. The molecular weight excluding hydrogens is 242 g/mol. The number of hydrogen-bond donors (Lipinski definition) is 1. The minimum atomic E-state index is -0.0115. The molecule has 1 aromatic rings. The van der Waals surface area contributed by atoms with E-state index in [-0.39, 0.29) is 11.9 Å². The van der Waals surface area contributed by atoms with Crippen molar-refractivity contribution in [3.8, 4) is 0 Å². The van der Waals surface area contributed by atoms with E-state index in [1.54, 1.807) is 24.3 Å². The van der Waals surface area contributed by atoms with E-state index in [1.807, 2.05) is 26.8 Å². The summed E-state index contributed by atoms with van der Waals surface area (Å²) in [7, 11) is 1.64. The number of likely N-dealkylation sites (N-methyl/N-ethyl adjacent to an activating group) is 1. The highest BCUT2D eigenvalue weighted by molar-refractivity contribution is 5.94. The van der Waals surface area contributed by atoms with E-state index in [1.165, 1.54) is 0 Å². The van der Waals surface area contributed by atoms with Crippen molar-refractivity contribution >= 4 is 11.7 Å². The number of aromatic nitrogens is 1. The number of pyridine rings is 1. The van der Waals surface area contributed by atoms with Crippen LogP contribution >= 0.6 is 0 Å². The Morgan fingerprint density at radius 3 is 2.68 bits per heavy atom. The van der Waals surface area contributed by atoms with E-state index in [0.29, 0.717) is 18.7 Å². The summed E-state index contributed by atoms with van der Waals surface area (Å²) in [5, 5.41) is 3.10. The predicted molar refractivity (Wildman–Crippen MR) is 76.4 cm³/mol. The number of anilines is 1. The van der Waals surface area contributed by atoms with Crippen LogP contribution in [0.4, 0.5) is 5.82 Å². The molecule has 1 atom stereocenters. The smallest absolute Gasteiger partial charge is 0.255 e. The van der Waals surface area contributed by atoms with Crippen LogP contribution in [0.25, 0.3) is 0 Å². The lowest BCUT2D eigenvalue weighted by atomic mass is 10.2. The number of hydrogen-bond acceptors (Lipinski definition) is 4. The number of nitrogens with one attached hydrogen (secondary N) is 1. The maximum absolute atomic E-state index is 12.4. The summed E-state index contributed by atoms with van der Waals surface area (Å²) in [4.78, 5) is 18.4. The monoisotopic (exact) mass is 265 g/mol. The average molecular weight is 265 g/mol. The maximum atomic E-state index is 12.4. The lowest BCUT2D eigenvalue weighted by Crippen LogP contribution is -2.40. The van der Waals surface area contributed by atoms with Gasteiger partial charge in [-0.2, -0.15) is 0 Å². The zero-order valence-electron chi connectivity index (χ0n) is 12.1. The Balaban J connectivity index is 2.79. The normalized spacial score (nSPS) is 12.0. The van der Waals surface area contributed by atoms with E-state index in [2.05, 4.69) is 10.3 Å². The fourth-order valence-corrected chi connectivity index (χ4v) is 1.96. The van der Waals surface area contributed by atoms with Gasteiger partial charge in [0.05, 0.1) is 18.2 Å². The topological polar surface area (TPSA) is 54.5 Å². The maximum Gasteiger partial charge on any atom is 0.255 e. The van der Waals surface area contributed by atoms with Gasteiger partial charge in [-0.1, -0.05) is 0 Å². The summed E-state index contributed by atoms with van der Waals surface area (Å²) < 4.78 is 5.10. The molecule has 19 heavy (non-hydrogen) atoms. The second-order valence-electron chi connectivity index (χ2n) is 4.36. The van der Waals surface area contributed by atoms with Gasteiger partial charge in [0, 0.05) is 26.4 Å². The van der Waals surface area contributed by atoms with Gasteiger partial charge in [0.15, 0.2) is 0 Å². The largest absolute Gasteiger partial charge is 0.383 e. The van der Waals surface area contributed by atoms with E-state index in [9.17, 15) is 4.79 Å². The Morgan fingerprint density at radius 1 is 1.47 bits per heavy atom. The van der Waals surface area contributed by atoms with Gasteiger partial charge in [0.25, 0.3) is 5.91 Å². The molecule has 1 aromatic heterocycles. The van der Waals surface area contributed by atoms with Crippen LogP contribution < -0.4 is 5.32 Å². The van der Waals surface area contributed by atoms with Crippen molar-refractivity contribution < 1.29 is 9.53 Å². The molecule has 1 amide bonds. The van der Waals surface area contributed by atoms with Crippen molar-refractivity contribution in [1.82, 2.24) is 9.88 Å². The summed E-state index contributed by atoms with van der Waals surface area (Å²) in [5.74, 6) is 0.773. The standard InChI is InChI=1S/C14H23N3O2/c1-5-15-13-8-7-12(9-16-13)14(18)17(6-2)11(3)10-19-4/h7-9,11H,5-6,10H2,1-4H3,(H,15,16). The van der Waals surface area contributed by atoms with Gasteiger partial charge >= 0.3 is 0 Å². The number of carbonyl (C=O) groups excluding carboxylic acids is 1. The lowest BCUT2D eigenvalue weighted by Gasteiger charge is -2.27. The number of carbonyl (C=O) groups is 1. The SMILES string of the molecule is CCNc1ccc(C(=O)N(CC)C(C)COC)cn1. The molecule has 1 unspecified atom stereocenters. The van der Waals surface area contributed by atoms with E-state index in [4.69, 9.17) is 4.74 Å². The van der Waals surface area contributed by atoms with Crippen molar-refractivity contribution in [3.05, 3.63) is 23.9 Å². The van der Waals surface area contributed by atoms with Gasteiger partial charge < -0.3 is 15.0 Å². The number of amides is 1. The second-order valence-corrected chi connectivity index (χ2v) is 4.36. The first-order chi connectivity index (χ1) is 9.13. The molecule has 0 spiro atoms. The highest BCUT2D eigenvalue weighted by atomic mass is 16.5. The Labute approximate surface area is 115 Å². The summed E-state index contributed by atoms with van der Waals surface area (Å²) in [6.45, 7) is 7.94. The molecule has 1 heterocycles. The first-order valence-corrected chi connectivity index (χ1v) is 6.63. The van der Waals surface area contributed by atoms with Gasteiger partial charge in [-0.05, 0) is 32.9 Å². The molecule has 0 saturated carbocycles. The summed E-state index contributed by atoms with van der Waals surface area (Å²) in [6, 6.07) is 3.68. The van der Waals surface area contributed by atoms with Crippen LogP contribution in [0.5, 0.6) is 0 Å². The van der Waals surface area contributed by atoms with Crippen molar-refractivity contribution in [2.75, 3.05) is 32.1 Å². The van der Waals surface area contributed by atoms with Gasteiger partial charge in [-0.3, -0.25) is 4.79 Å². The molecule has 0 bridgehead atoms. The van der Waals surface area contributed by atoms with Crippen LogP contribution in [-0.4, -0.2) is 48.6 Å². The highest BCUT2D eigenvalue weighted by Gasteiger charge is 2.20. The Morgan fingerprint density at radius 2 is 2.21 bits per heavy atom. The van der Waals surface area contributed by atoms with Crippen LogP contribution in [-0.2, 0) is 4.74 Å². The minimum absolute atomic E-state index is 0.0115. The first kappa shape index (κ1) is 15.4. The van der Waals surface area contributed by atoms with Crippen molar-refractivity contribution in [2.24, 2.45) is 0 Å². The molecule has 0 aliphatic heterocycles. The third-order valence-electron chi connectivity index (χ3n) is 2.91. The molecule has 0 aliphatic rings. The molecule has 5 heteroatoms. The zero-order chi connectivity index (χ0) is 14.3. The predicted octanol–water partition coefficient (Wildman–Crippen LogP) is 2.01. The zero-order valence-corrected chi connectivity index (χ0v) is 12.1. The molecule has 1 N–H and O–H groups in total. The van der Waals surface area contributed by atoms with Gasteiger partial charge in [0.2, 0.25) is 0 Å². The van der Waals surface area contributed by atoms with E-state index in [0.717, 1.165) is 12.4 Å². The van der Waals surface area contributed by atoms with Crippen LogP contribution in [0.15, 0.2) is 18.3 Å². The third kappa shape index (κ3) is 4.21. The fourth-order valence-electron chi connectivity index (χ4n) is 1.96. The number of methoxy groups -OCH3 is 1. The van der Waals surface area contributed by atoms with Crippen LogP contribution in [0.1, 0.15) is 31.1 Å². The second kappa shape index (κ2) is 7.74. The number of nitrogens with zero attached hydrogens (tertiary/aromatic N) is 2. The van der Waals surface area contributed by atoms with Gasteiger partial charge in [-0.15, -0.1) is 0 Å². The fraction of sp³-hybridized carbons (Fsp3) is 0.571. The molecule has 106 valence electrons.